The SMILES string of the molecule is COc1ccc(Cl)cc1CN1CCN(C(=O)c2sc(-c3ncccn3)nc2C)CC1. The van der Waals surface area contributed by atoms with Crippen LogP contribution in [-0.2, 0) is 6.54 Å². The molecule has 0 atom stereocenters. The van der Waals surface area contributed by atoms with E-state index in [1.54, 1.807) is 25.6 Å². The van der Waals surface area contributed by atoms with E-state index in [0.717, 1.165) is 36.6 Å². The van der Waals surface area contributed by atoms with Crippen molar-refractivity contribution in [2.45, 2.75) is 13.5 Å². The zero-order chi connectivity index (χ0) is 21.1. The lowest BCUT2D eigenvalue weighted by Crippen LogP contribution is -2.48. The van der Waals surface area contributed by atoms with Crippen LogP contribution in [0.3, 0.4) is 0 Å². The zero-order valence-corrected chi connectivity index (χ0v) is 18.4. The van der Waals surface area contributed by atoms with E-state index in [4.69, 9.17) is 16.3 Å². The standard InChI is InChI=1S/C21H22ClN5O2S/c1-14-18(30-20(25-14)19-23-6-3-7-24-19)21(28)27-10-8-26(9-11-27)13-15-12-16(22)4-5-17(15)29-2/h3-7,12H,8-11,13H2,1-2H3. The van der Waals surface area contributed by atoms with Crippen LogP contribution in [0.25, 0.3) is 10.8 Å². The van der Waals surface area contributed by atoms with E-state index in [1.165, 1.54) is 11.3 Å². The van der Waals surface area contributed by atoms with Crippen LogP contribution in [0.2, 0.25) is 5.02 Å². The van der Waals surface area contributed by atoms with Gasteiger partial charge in [-0.1, -0.05) is 11.6 Å². The maximum Gasteiger partial charge on any atom is 0.265 e. The molecular formula is C21H22ClN5O2S. The monoisotopic (exact) mass is 443 g/mol. The fourth-order valence-electron chi connectivity index (χ4n) is 3.46. The fraction of sp³-hybridized carbons (Fsp3) is 0.333. The highest BCUT2D eigenvalue weighted by molar-refractivity contribution is 7.17. The number of thiazole rings is 1. The Morgan fingerprint density at radius 2 is 1.93 bits per heavy atom. The molecule has 0 spiro atoms. The summed E-state index contributed by atoms with van der Waals surface area (Å²) in [5.41, 5.74) is 1.77. The second-order valence-corrected chi connectivity index (χ2v) is 8.47. The number of benzene rings is 1. The molecule has 3 aromatic rings. The van der Waals surface area contributed by atoms with Gasteiger partial charge in [0.15, 0.2) is 10.8 Å². The summed E-state index contributed by atoms with van der Waals surface area (Å²) in [5.74, 6) is 1.39. The summed E-state index contributed by atoms with van der Waals surface area (Å²) in [5, 5.41) is 1.36. The molecule has 0 aliphatic carbocycles. The van der Waals surface area contributed by atoms with Gasteiger partial charge in [-0.2, -0.15) is 0 Å². The number of ether oxygens (including phenoxy) is 1. The lowest BCUT2D eigenvalue weighted by atomic mass is 10.1. The highest BCUT2D eigenvalue weighted by atomic mass is 35.5. The molecule has 0 radical (unpaired) electrons. The predicted molar refractivity (Wildman–Crippen MR) is 117 cm³/mol. The molecule has 0 bridgehead atoms. The van der Waals surface area contributed by atoms with Crippen molar-refractivity contribution in [3.63, 3.8) is 0 Å². The van der Waals surface area contributed by atoms with Gasteiger partial charge >= 0.3 is 0 Å². The van der Waals surface area contributed by atoms with Gasteiger partial charge in [-0.3, -0.25) is 9.69 Å². The lowest BCUT2D eigenvalue weighted by molar-refractivity contribution is 0.0631. The molecule has 3 heterocycles. The Balaban J connectivity index is 1.41. The number of aryl methyl sites for hydroxylation is 1. The largest absolute Gasteiger partial charge is 0.496 e. The Bertz CT molecular complexity index is 1040. The van der Waals surface area contributed by atoms with Crippen LogP contribution >= 0.6 is 22.9 Å². The first-order valence-electron chi connectivity index (χ1n) is 9.64. The minimum Gasteiger partial charge on any atom is -0.496 e. The topological polar surface area (TPSA) is 71.5 Å². The molecule has 9 heteroatoms. The number of nitrogens with zero attached hydrogens (tertiary/aromatic N) is 5. The molecule has 1 amide bonds. The van der Waals surface area contributed by atoms with Gasteiger partial charge < -0.3 is 9.64 Å². The molecule has 1 saturated heterocycles. The van der Waals surface area contributed by atoms with E-state index >= 15 is 0 Å². The molecule has 4 rings (SSSR count). The predicted octanol–water partition coefficient (Wildman–Crippen LogP) is 3.53. The summed E-state index contributed by atoms with van der Waals surface area (Å²) < 4.78 is 5.45. The third-order valence-electron chi connectivity index (χ3n) is 5.04. The number of carbonyl (C=O) groups is 1. The summed E-state index contributed by atoms with van der Waals surface area (Å²) in [6, 6.07) is 7.41. The molecular weight excluding hydrogens is 422 g/mol. The van der Waals surface area contributed by atoms with E-state index in [1.807, 2.05) is 30.0 Å². The van der Waals surface area contributed by atoms with Crippen LogP contribution in [0.15, 0.2) is 36.7 Å². The molecule has 0 saturated carbocycles. The van der Waals surface area contributed by atoms with E-state index in [-0.39, 0.29) is 5.91 Å². The molecule has 156 valence electrons. The molecule has 0 unspecified atom stereocenters. The fourth-order valence-corrected chi connectivity index (χ4v) is 4.64. The first-order valence-corrected chi connectivity index (χ1v) is 10.8. The van der Waals surface area contributed by atoms with Crippen LogP contribution in [0.1, 0.15) is 20.9 Å². The van der Waals surface area contributed by atoms with Gasteiger partial charge in [0.2, 0.25) is 0 Å². The van der Waals surface area contributed by atoms with Crippen molar-refractivity contribution in [3.8, 4) is 16.6 Å². The van der Waals surface area contributed by atoms with Crippen LogP contribution in [0.5, 0.6) is 5.75 Å². The number of hydrogen-bond acceptors (Lipinski definition) is 7. The lowest BCUT2D eigenvalue weighted by Gasteiger charge is -2.34. The summed E-state index contributed by atoms with van der Waals surface area (Å²) in [6.07, 6.45) is 3.35. The zero-order valence-electron chi connectivity index (χ0n) is 16.8. The smallest absolute Gasteiger partial charge is 0.265 e. The van der Waals surface area contributed by atoms with Gasteiger partial charge in [-0.15, -0.1) is 11.3 Å². The van der Waals surface area contributed by atoms with Crippen molar-refractivity contribution in [1.82, 2.24) is 24.8 Å². The second kappa shape index (κ2) is 9.07. The summed E-state index contributed by atoms with van der Waals surface area (Å²) in [6.45, 7) is 5.49. The number of halogens is 1. The number of rotatable bonds is 5. The van der Waals surface area contributed by atoms with E-state index < -0.39 is 0 Å². The molecule has 1 fully saturated rings. The molecule has 1 aliphatic rings. The third-order valence-corrected chi connectivity index (χ3v) is 6.42. The molecule has 0 N–H and O–H groups in total. The Labute approximate surface area is 184 Å². The number of methoxy groups -OCH3 is 1. The van der Waals surface area contributed by atoms with Crippen molar-refractivity contribution in [1.29, 1.82) is 0 Å². The van der Waals surface area contributed by atoms with Crippen molar-refractivity contribution >= 4 is 28.8 Å². The summed E-state index contributed by atoms with van der Waals surface area (Å²) >= 11 is 7.50. The number of aromatic nitrogens is 3. The number of amides is 1. The number of piperazine rings is 1. The van der Waals surface area contributed by atoms with Crippen molar-refractivity contribution in [2.24, 2.45) is 0 Å². The normalized spacial score (nSPS) is 14.7. The Kier molecular flexibility index (Phi) is 6.26. The average molecular weight is 444 g/mol. The molecule has 7 nitrogen and oxygen atoms in total. The molecule has 1 aromatic carbocycles. The third kappa shape index (κ3) is 4.45. The number of carbonyl (C=O) groups excluding carboxylic acids is 1. The van der Waals surface area contributed by atoms with Crippen molar-refractivity contribution < 1.29 is 9.53 Å². The molecule has 1 aliphatic heterocycles. The molecule has 30 heavy (non-hydrogen) atoms. The van der Waals surface area contributed by atoms with Crippen LogP contribution in [-0.4, -0.2) is 63.9 Å². The minimum atomic E-state index is 0.0205. The van der Waals surface area contributed by atoms with Crippen molar-refractivity contribution in [3.05, 3.63) is 57.8 Å². The van der Waals surface area contributed by atoms with Gasteiger partial charge in [0.1, 0.15) is 10.6 Å². The highest BCUT2D eigenvalue weighted by Crippen LogP contribution is 2.27. The first-order chi connectivity index (χ1) is 14.5. The van der Waals surface area contributed by atoms with E-state index in [2.05, 4.69) is 19.9 Å². The van der Waals surface area contributed by atoms with Gasteiger partial charge in [0, 0.05) is 55.7 Å². The second-order valence-electron chi connectivity index (χ2n) is 7.03. The van der Waals surface area contributed by atoms with Crippen LogP contribution in [0, 0.1) is 6.92 Å². The Hall–Kier alpha value is -2.55. The van der Waals surface area contributed by atoms with Gasteiger partial charge in [-0.05, 0) is 31.2 Å². The van der Waals surface area contributed by atoms with Gasteiger partial charge in [0.05, 0.1) is 12.8 Å². The highest BCUT2D eigenvalue weighted by Gasteiger charge is 2.26. The Morgan fingerprint density at radius 3 is 2.63 bits per heavy atom. The first kappa shape index (κ1) is 20.7. The van der Waals surface area contributed by atoms with Gasteiger partial charge in [-0.25, -0.2) is 15.0 Å². The van der Waals surface area contributed by atoms with E-state index in [0.29, 0.717) is 33.8 Å². The van der Waals surface area contributed by atoms with Gasteiger partial charge in [0.25, 0.3) is 5.91 Å². The summed E-state index contributed by atoms with van der Waals surface area (Å²) in [4.78, 5) is 30.9. The average Bonchev–Trinajstić information content (AvgIpc) is 3.16. The maximum atomic E-state index is 13.1. The maximum absolute atomic E-state index is 13.1. The molecule has 2 aromatic heterocycles. The quantitative estimate of drug-likeness (QED) is 0.600. The van der Waals surface area contributed by atoms with Crippen molar-refractivity contribution in [2.75, 3.05) is 33.3 Å². The number of hydrogen-bond donors (Lipinski definition) is 0. The van der Waals surface area contributed by atoms with Crippen LogP contribution in [0.4, 0.5) is 0 Å². The summed E-state index contributed by atoms with van der Waals surface area (Å²) in [7, 11) is 1.66. The minimum absolute atomic E-state index is 0.0205. The van der Waals surface area contributed by atoms with Crippen LogP contribution < -0.4 is 4.74 Å². The Morgan fingerprint density at radius 1 is 1.20 bits per heavy atom. The van der Waals surface area contributed by atoms with E-state index in [9.17, 15) is 4.79 Å².